The highest BCUT2D eigenvalue weighted by Gasteiger charge is 2.35. The zero-order chi connectivity index (χ0) is 23.5. The van der Waals surface area contributed by atoms with Gasteiger partial charge >= 0.3 is 5.97 Å². The summed E-state index contributed by atoms with van der Waals surface area (Å²) in [6.45, 7) is 11.2. The second-order valence-corrected chi connectivity index (χ2v) is 10.7. The molecule has 0 saturated carbocycles. The number of esters is 1. The smallest absolute Gasteiger partial charge is 0.341 e. The van der Waals surface area contributed by atoms with Crippen LogP contribution in [0.5, 0.6) is 0 Å². The van der Waals surface area contributed by atoms with Crippen molar-refractivity contribution in [2.45, 2.75) is 66.2 Å². The number of benzene rings is 1. The van der Waals surface area contributed by atoms with Crippen LogP contribution < -0.4 is 5.32 Å². The van der Waals surface area contributed by atoms with Crippen molar-refractivity contribution in [3.63, 3.8) is 0 Å². The molecule has 1 aliphatic carbocycles. The van der Waals surface area contributed by atoms with Gasteiger partial charge in [0.05, 0.1) is 12.7 Å². The molecule has 1 atom stereocenters. The Morgan fingerprint density at radius 2 is 1.94 bits per heavy atom. The number of hydrogen-bond acceptors (Lipinski definition) is 4. The average molecular weight is 454 g/mol. The predicted molar refractivity (Wildman–Crippen MR) is 133 cm³/mol. The summed E-state index contributed by atoms with van der Waals surface area (Å²) >= 11 is 1.52. The van der Waals surface area contributed by atoms with Crippen molar-refractivity contribution in [1.82, 2.24) is 0 Å². The lowest BCUT2D eigenvalue weighted by Crippen LogP contribution is -2.28. The zero-order valence-corrected chi connectivity index (χ0v) is 20.9. The van der Waals surface area contributed by atoms with Crippen LogP contribution in [0.2, 0.25) is 0 Å². The molecule has 172 valence electrons. The number of anilines is 1. The molecule has 1 heterocycles. The van der Waals surface area contributed by atoms with Gasteiger partial charge in [0.25, 0.3) is 0 Å². The highest BCUT2D eigenvalue weighted by molar-refractivity contribution is 7.17. The van der Waals surface area contributed by atoms with Crippen LogP contribution in [0.1, 0.15) is 85.3 Å². The molecule has 0 aliphatic heterocycles. The Labute approximate surface area is 196 Å². The fourth-order valence-corrected chi connectivity index (χ4v) is 5.58. The monoisotopic (exact) mass is 453 g/mol. The number of carbonyl (C=O) groups excluding carboxylic acids is 2. The van der Waals surface area contributed by atoms with E-state index in [1.165, 1.54) is 35.0 Å². The molecule has 1 amide bonds. The van der Waals surface area contributed by atoms with E-state index in [1.807, 2.05) is 12.1 Å². The molecule has 1 aromatic heterocycles. The van der Waals surface area contributed by atoms with Gasteiger partial charge in [-0.2, -0.15) is 0 Å². The van der Waals surface area contributed by atoms with Gasteiger partial charge in [-0.05, 0) is 59.3 Å². The zero-order valence-electron chi connectivity index (χ0n) is 20.1. The van der Waals surface area contributed by atoms with Crippen LogP contribution in [0.25, 0.3) is 6.08 Å². The highest BCUT2D eigenvalue weighted by Crippen LogP contribution is 2.45. The minimum Gasteiger partial charge on any atom is -0.465 e. The van der Waals surface area contributed by atoms with Gasteiger partial charge in [-0.1, -0.05) is 65.3 Å². The SMILES string of the molecule is CCC(C)(C)C1CCc2c(sc(NC(=O)/C=C/c3ccc(C(C)C)cc3)c2C(=O)OC)C1. The fourth-order valence-electron chi connectivity index (χ4n) is 4.27. The van der Waals surface area contributed by atoms with Crippen molar-refractivity contribution in [3.8, 4) is 0 Å². The van der Waals surface area contributed by atoms with Gasteiger partial charge in [-0.3, -0.25) is 4.79 Å². The Balaban J connectivity index is 1.80. The van der Waals surface area contributed by atoms with Crippen LogP contribution in [-0.4, -0.2) is 19.0 Å². The summed E-state index contributed by atoms with van der Waals surface area (Å²) in [7, 11) is 1.39. The van der Waals surface area contributed by atoms with Gasteiger partial charge in [-0.25, -0.2) is 4.79 Å². The summed E-state index contributed by atoms with van der Waals surface area (Å²) in [4.78, 5) is 26.4. The molecule has 0 radical (unpaired) electrons. The number of ether oxygens (including phenoxy) is 1. The first-order chi connectivity index (χ1) is 15.2. The number of thiophene rings is 1. The number of fused-ring (bicyclic) bond motifs is 1. The molecule has 32 heavy (non-hydrogen) atoms. The van der Waals surface area contributed by atoms with Crippen LogP contribution in [-0.2, 0) is 22.4 Å². The number of amides is 1. The maximum absolute atomic E-state index is 12.7. The molecule has 0 spiro atoms. The number of carbonyl (C=O) groups is 2. The highest BCUT2D eigenvalue weighted by atomic mass is 32.1. The van der Waals surface area contributed by atoms with Gasteiger partial charge in [-0.15, -0.1) is 11.3 Å². The molecule has 1 aromatic carbocycles. The van der Waals surface area contributed by atoms with Crippen molar-refractivity contribution in [3.05, 3.63) is 57.5 Å². The lowest BCUT2D eigenvalue weighted by Gasteiger charge is -2.36. The Hall–Kier alpha value is -2.40. The maximum Gasteiger partial charge on any atom is 0.341 e. The van der Waals surface area contributed by atoms with Crippen LogP contribution in [0.4, 0.5) is 5.00 Å². The van der Waals surface area contributed by atoms with Crippen molar-refractivity contribution in [1.29, 1.82) is 0 Å². The van der Waals surface area contributed by atoms with Crippen molar-refractivity contribution in [2.75, 3.05) is 12.4 Å². The van der Waals surface area contributed by atoms with E-state index < -0.39 is 0 Å². The first-order valence-electron chi connectivity index (χ1n) is 11.5. The summed E-state index contributed by atoms with van der Waals surface area (Å²) < 4.78 is 5.06. The minimum atomic E-state index is -0.376. The Bertz CT molecular complexity index is 999. The van der Waals surface area contributed by atoms with Crippen molar-refractivity contribution >= 4 is 34.3 Å². The molecular weight excluding hydrogens is 418 g/mol. The first kappa shape index (κ1) is 24.2. The molecule has 5 heteroatoms. The Morgan fingerprint density at radius 3 is 2.53 bits per heavy atom. The Kier molecular flexibility index (Phi) is 7.60. The average Bonchev–Trinajstić information content (AvgIpc) is 3.14. The van der Waals surface area contributed by atoms with E-state index in [9.17, 15) is 9.59 Å². The second kappa shape index (κ2) is 10.0. The summed E-state index contributed by atoms with van der Waals surface area (Å²) in [5, 5.41) is 3.54. The molecule has 2 aromatic rings. The third-order valence-electron chi connectivity index (χ3n) is 6.94. The number of nitrogens with one attached hydrogen (secondary N) is 1. The molecule has 0 fully saturated rings. The lowest BCUT2D eigenvalue weighted by atomic mass is 9.69. The number of hydrogen-bond donors (Lipinski definition) is 1. The topological polar surface area (TPSA) is 55.4 Å². The van der Waals surface area contributed by atoms with E-state index in [4.69, 9.17) is 4.74 Å². The van der Waals surface area contributed by atoms with E-state index >= 15 is 0 Å². The third-order valence-corrected chi connectivity index (χ3v) is 8.11. The van der Waals surface area contributed by atoms with Crippen LogP contribution in [0.15, 0.2) is 30.3 Å². The largest absolute Gasteiger partial charge is 0.465 e. The molecular formula is C27H35NO3S. The fraction of sp³-hybridized carbons (Fsp3) is 0.481. The molecule has 0 saturated heterocycles. The summed E-state index contributed by atoms with van der Waals surface area (Å²) in [5.41, 5.74) is 4.07. The van der Waals surface area contributed by atoms with Crippen LogP contribution in [0.3, 0.4) is 0 Å². The maximum atomic E-state index is 12.7. The van der Waals surface area contributed by atoms with Crippen LogP contribution in [0, 0.1) is 11.3 Å². The molecule has 1 aliphatic rings. The second-order valence-electron chi connectivity index (χ2n) is 9.63. The van der Waals surface area contributed by atoms with Gasteiger partial charge in [0.1, 0.15) is 5.00 Å². The van der Waals surface area contributed by atoms with Crippen molar-refractivity contribution in [2.24, 2.45) is 11.3 Å². The van der Waals surface area contributed by atoms with E-state index in [-0.39, 0.29) is 17.3 Å². The number of methoxy groups -OCH3 is 1. The molecule has 4 nitrogen and oxygen atoms in total. The summed E-state index contributed by atoms with van der Waals surface area (Å²) in [5.74, 6) is 0.424. The molecule has 1 N–H and O–H groups in total. The van der Waals surface area contributed by atoms with Gasteiger partial charge < -0.3 is 10.1 Å². The predicted octanol–water partition coefficient (Wildman–Crippen LogP) is 6.85. The molecule has 1 unspecified atom stereocenters. The third kappa shape index (κ3) is 5.32. The van der Waals surface area contributed by atoms with Gasteiger partial charge in [0.15, 0.2) is 0 Å². The minimum absolute atomic E-state index is 0.243. The normalized spacial score (nSPS) is 16.3. The van der Waals surface area contributed by atoms with E-state index in [0.29, 0.717) is 22.4 Å². The van der Waals surface area contributed by atoms with E-state index in [0.717, 1.165) is 36.8 Å². The Morgan fingerprint density at radius 1 is 1.25 bits per heavy atom. The molecule has 3 rings (SSSR count). The van der Waals surface area contributed by atoms with Crippen molar-refractivity contribution < 1.29 is 14.3 Å². The van der Waals surface area contributed by atoms with Gasteiger partial charge in [0, 0.05) is 11.0 Å². The first-order valence-corrected chi connectivity index (χ1v) is 12.3. The standard InChI is InChI=1S/C27H35NO3S/c1-7-27(4,5)20-13-14-21-22(16-20)32-25(24(21)26(30)31-6)28-23(29)15-10-18-8-11-19(12-9-18)17(2)3/h8-12,15,17,20H,7,13-14,16H2,1-6H3,(H,28,29)/b15-10+. The quantitative estimate of drug-likeness (QED) is 0.368. The van der Waals surface area contributed by atoms with E-state index in [2.05, 4.69) is 52.1 Å². The number of rotatable bonds is 7. The van der Waals surface area contributed by atoms with E-state index in [1.54, 1.807) is 6.08 Å². The lowest BCUT2D eigenvalue weighted by molar-refractivity contribution is -0.111. The van der Waals surface area contributed by atoms with Crippen LogP contribution >= 0.6 is 11.3 Å². The summed E-state index contributed by atoms with van der Waals surface area (Å²) in [6, 6.07) is 8.19. The van der Waals surface area contributed by atoms with Gasteiger partial charge in [0.2, 0.25) is 5.91 Å². The molecule has 0 bridgehead atoms. The summed E-state index contributed by atoms with van der Waals surface area (Å²) in [6.07, 6.45) is 7.28.